The van der Waals surface area contributed by atoms with Crippen LogP contribution in [0.5, 0.6) is 0 Å². The normalized spacial score (nSPS) is 11.2. The van der Waals surface area contributed by atoms with Crippen molar-refractivity contribution < 1.29 is 4.79 Å². The van der Waals surface area contributed by atoms with E-state index in [2.05, 4.69) is 28.6 Å². The Morgan fingerprint density at radius 2 is 1.96 bits per heavy atom. The van der Waals surface area contributed by atoms with Crippen molar-refractivity contribution in [3.8, 4) is 0 Å². The lowest BCUT2D eigenvalue weighted by Gasteiger charge is -2.08. The van der Waals surface area contributed by atoms with Crippen LogP contribution < -0.4 is 5.73 Å². The Bertz CT molecular complexity index is 1080. The van der Waals surface area contributed by atoms with Gasteiger partial charge in [0.1, 0.15) is 0 Å². The van der Waals surface area contributed by atoms with Gasteiger partial charge in [-0.25, -0.2) is 0 Å². The van der Waals surface area contributed by atoms with Crippen LogP contribution in [0.4, 0.5) is 0 Å². The zero-order valence-electron chi connectivity index (χ0n) is 14.0. The molecular weight excluding hydrogens is 310 g/mol. The summed E-state index contributed by atoms with van der Waals surface area (Å²) < 4.78 is 2.22. The molecule has 2 aromatic heterocycles. The van der Waals surface area contributed by atoms with Crippen molar-refractivity contribution >= 4 is 27.7 Å². The van der Waals surface area contributed by atoms with Gasteiger partial charge in [0, 0.05) is 35.3 Å². The molecule has 25 heavy (non-hydrogen) atoms. The zero-order valence-corrected chi connectivity index (χ0v) is 14.0. The monoisotopic (exact) mass is 328 g/mol. The van der Waals surface area contributed by atoms with E-state index in [0.717, 1.165) is 33.8 Å². The summed E-state index contributed by atoms with van der Waals surface area (Å²) in [5.74, 6) is -0.415. The minimum atomic E-state index is -0.415. The van der Waals surface area contributed by atoms with Gasteiger partial charge in [0.25, 0.3) is 0 Å². The molecule has 123 valence electrons. The summed E-state index contributed by atoms with van der Waals surface area (Å²) in [4.78, 5) is 16.0. The van der Waals surface area contributed by atoms with E-state index in [9.17, 15) is 4.79 Å². The van der Waals surface area contributed by atoms with Gasteiger partial charge in [-0.1, -0.05) is 19.1 Å². The number of amides is 1. The maximum Gasteiger partial charge on any atom is 0.249 e. The number of aryl methyl sites for hydroxylation is 1. The maximum absolute atomic E-state index is 11.9. The molecule has 1 amide bonds. The van der Waals surface area contributed by atoms with Crippen LogP contribution >= 0.6 is 0 Å². The lowest BCUT2D eigenvalue weighted by atomic mass is 10.0. The lowest BCUT2D eigenvalue weighted by Crippen LogP contribution is -2.11. The number of carbonyl (C=O) groups excluding carboxylic acids is 1. The van der Waals surface area contributed by atoms with Gasteiger partial charge in [0.15, 0.2) is 0 Å². The van der Waals surface area contributed by atoms with Crippen LogP contribution in [0.3, 0.4) is 0 Å². The molecule has 4 rings (SSSR count). The molecule has 0 aliphatic carbocycles. The van der Waals surface area contributed by atoms with Gasteiger partial charge in [-0.3, -0.25) is 9.78 Å². The van der Waals surface area contributed by atoms with Crippen LogP contribution in [0.2, 0.25) is 0 Å². The SMILES string of the molecule is CCc1c[c]c2c3c(C(N)=O)cccc3n(Cc3ccncc3)c2c1. The molecule has 0 unspecified atom stereocenters. The second kappa shape index (κ2) is 6.06. The molecule has 2 heterocycles. The maximum atomic E-state index is 11.9. The Morgan fingerprint density at radius 1 is 1.16 bits per heavy atom. The highest BCUT2D eigenvalue weighted by molar-refractivity contribution is 6.17. The number of aromatic nitrogens is 2. The molecule has 0 fully saturated rings. The number of hydrogen-bond acceptors (Lipinski definition) is 2. The van der Waals surface area contributed by atoms with Crippen molar-refractivity contribution in [1.29, 1.82) is 0 Å². The average molecular weight is 328 g/mol. The molecule has 0 atom stereocenters. The number of nitrogens with two attached hydrogens (primary N) is 1. The molecule has 4 aromatic rings. The first kappa shape index (κ1) is 15.4. The van der Waals surface area contributed by atoms with Gasteiger partial charge in [0.2, 0.25) is 5.91 Å². The molecule has 0 spiro atoms. The fourth-order valence-electron chi connectivity index (χ4n) is 3.35. The minimum absolute atomic E-state index is 0.415. The number of carbonyl (C=O) groups is 1. The topological polar surface area (TPSA) is 60.9 Å². The molecule has 0 aliphatic rings. The summed E-state index contributed by atoms with van der Waals surface area (Å²) in [5.41, 5.74) is 10.6. The lowest BCUT2D eigenvalue weighted by molar-refractivity contribution is 0.100. The number of hydrogen-bond donors (Lipinski definition) is 1. The summed E-state index contributed by atoms with van der Waals surface area (Å²) in [6.45, 7) is 2.82. The zero-order chi connectivity index (χ0) is 17.4. The van der Waals surface area contributed by atoms with Crippen LogP contribution in [0, 0.1) is 6.07 Å². The van der Waals surface area contributed by atoms with Crippen molar-refractivity contribution in [3.63, 3.8) is 0 Å². The summed E-state index contributed by atoms with van der Waals surface area (Å²) in [6.07, 6.45) is 4.52. The van der Waals surface area contributed by atoms with E-state index in [1.54, 1.807) is 18.5 Å². The third kappa shape index (κ3) is 2.56. The second-order valence-corrected chi connectivity index (χ2v) is 6.13. The van der Waals surface area contributed by atoms with E-state index in [0.29, 0.717) is 12.1 Å². The highest BCUT2D eigenvalue weighted by Crippen LogP contribution is 2.32. The Hall–Kier alpha value is -3.14. The average Bonchev–Trinajstić information content (AvgIpc) is 2.95. The van der Waals surface area contributed by atoms with E-state index in [-0.39, 0.29) is 0 Å². The molecule has 2 aromatic carbocycles. The smallest absolute Gasteiger partial charge is 0.249 e. The molecule has 1 radical (unpaired) electrons. The third-order valence-electron chi connectivity index (χ3n) is 4.62. The predicted octanol–water partition coefficient (Wildman–Crippen LogP) is 3.70. The summed E-state index contributed by atoms with van der Waals surface area (Å²) in [7, 11) is 0. The van der Waals surface area contributed by atoms with E-state index < -0.39 is 5.91 Å². The number of rotatable bonds is 4. The van der Waals surface area contributed by atoms with Crippen molar-refractivity contribution in [2.75, 3.05) is 0 Å². The Kier molecular flexibility index (Phi) is 3.73. The van der Waals surface area contributed by atoms with Gasteiger partial charge in [0.05, 0.1) is 11.0 Å². The highest BCUT2D eigenvalue weighted by Gasteiger charge is 2.16. The second-order valence-electron chi connectivity index (χ2n) is 6.13. The number of nitrogens with zero attached hydrogens (tertiary/aromatic N) is 2. The van der Waals surface area contributed by atoms with Gasteiger partial charge in [-0.05, 0) is 53.9 Å². The fourth-order valence-corrected chi connectivity index (χ4v) is 3.35. The van der Waals surface area contributed by atoms with Crippen LogP contribution in [0.25, 0.3) is 21.8 Å². The number of pyridine rings is 1. The van der Waals surface area contributed by atoms with Crippen LogP contribution in [0.1, 0.15) is 28.4 Å². The van der Waals surface area contributed by atoms with Crippen molar-refractivity contribution in [2.24, 2.45) is 5.73 Å². The van der Waals surface area contributed by atoms with Gasteiger partial charge >= 0.3 is 0 Å². The predicted molar refractivity (Wildman–Crippen MR) is 99.5 cm³/mol. The fraction of sp³-hybridized carbons (Fsp3) is 0.143. The molecular formula is C21H18N3O. The van der Waals surface area contributed by atoms with E-state index in [4.69, 9.17) is 5.73 Å². The number of benzene rings is 2. The summed E-state index contributed by atoms with van der Waals surface area (Å²) in [6, 6.07) is 17.2. The van der Waals surface area contributed by atoms with Crippen LogP contribution in [-0.2, 0) is 13.0 Å². The number of primary amides is 1. The largest absolute Gasteiger partial charge is 0.366 e. The first-order valence-electron chi connectivity index (χ1n) is 8.33. The standard InChI is InChI=1S/C21H18N3O/c1-2-14-6-7-16-19(12-14)24(13-15-8-10-23-11-9-15)18-5-3-4-17(20(16)18)21(22)25/h3-6,8-12H,2,13H2,1H3,(H2,22,25). The van der Waals surface area contributed by atoms with Crippen LogP contribution in [-0.4, -0.2) is 15.5 Å². The number of fused-ring (bicyclic) bond motifs is 3. The molecule has 4 nitrogen and oxygen atoms in total. The third-order valence-corrected chi connectivity index (χ3v) is 4.62. The van der Waals surface area contributed by atoms with E-state index in [1.165, 1.54) is 5.56 Å². The van der Waals surface area contributed by atoms with Gasteiger partial charge < -0.3 is 10.3 Å². The first-order valence-corrected chi connectivity index (χ1v) is 8.33. The molecule has 2 N–H and O–H groups in total. The summed E-state index contributed by atoms with van der Waals surface area (Å²) in [5, 5.41) is 1.82. The molecule has 0 saturated heterocycles. The first-order chi connectivity index (χ1) is 12.2. The quantitative estimate of drug-likeness (QED) is 0.621. The van der Waals surface area contributed by atoms with Gasteiger partial charge in [-0.15, -0.1) is 0 Å². The molecule has 0 aliphatic heterocycles. The van der Waals surface area contributed by atoms with E-state index >= 15 is 0 Å². The summed E-state index contributed by atoms with van der Waals surface area (Å²) >= 11 is 0. The van der Waals surface area contributed by atoms with Crippen molar-refractivity contribution in [1.82, 2.24) is 9.55 Å². The Morgan fingerprint density at radius 3 is 2.68 bits per heavy atom. The van der Waals surface area contributed by atoms with Crippen LogP contribution in [0.15, 0.2) is 54.9 Å². The molecule has 0 bridgehead atoms. The highest BCUT2D eigenvalue weighted by atomic mass is 16.1. The molecule has 4 heteroatoms. The Balaban J connectivity index is 2.07. The minimum Gasteiger partial charge on any atom is -0.366 e. The van der Waals surface area contributed by atoms with E-state index in [1.807, 2.05) is 30.3 Å². The van der Waals surface area contributed by atoms with Gasteiger partial charge in [-0.2, -0.15) is 0 Å². The molecule has 0 saturated carbocycles. The van der Waals surface area contributed by atoms with Crippen molar-refractivity contribution in [3.05, 3.63) is 77.6 Å². The van der Waals surface area contributed by atoms with Crippen molar-refractivity contribution in [2.45, 2.75) is 19.9 Å². The Labute approximate surface area is 145 Å².